The topological polar surface area (TPSA) is 36.4 Å². The highest BCUT2D eigenvalue weighted by Gasteiger charge is 2.20. The molecule has 4 nitrogen and oxygen atoms in total. The van der Waals surface area contributed by atoms with Crippen molar-refractivity contribution >= 4 is 45.0 Å². The van der Waals surface area contributed by atoms with E-state index in [1.807, 2.05) is 23.1 Å². The number of halogens is 1. The molecule has 0 bridgehead atoms. The molecular formula is C13H16ClN3OS. The van der Waals surface area contributed by atoms with Gasteiger partial charge in [0, 0.05) is 33.1 Å². The first kappa shape index (κ1) is 14.1. The molecule has 1 aliphatic heterocycles. The van der Waals surface area contributed by atoms with Crippen LogP contribution in [-0.4, -0.2) is 42.0 Å². The number of nitrogens with zero attached hydrogens (tertiary/aromatic N) is 3. The quantitative estimate of drug-likeness (QED) is 0.811. The van der Waals surface area contributed by atoms with Gasteiger partial charge >= 0.3 is 0 Å². The highest BCUT2D eigenvalue weighted by molar-refractivity contribution is 7.22. The fourth-order valence-corrected chi connectivity index (χ4v) is 3.23. The van der Waals surface area contributed by atoms with Crippen molar-refractivity contribution in [3.8, 4) is 0 Å². The molecule has 0 unspecified atom stereocenters. The first-order chi connectivity index (χ1) is 8.74. The van der Waals surface area contributed by atoms with Gasteiger partial charge in [0.2, 0.25) is 5.91 Å². The highest BCUT2D eigenvalue weighted by Crippen LogP contribution is 2.28. The SMILES string of the molecule is CC(=O)N1CCN(c2nc3ccccc3s2)CC1.Cl. The zero-order chi connectivity index (χ0) is 12.5. The molecule has 0 saturated carbocycles. The summed E-state index contributed by atoms with van der Waals surface area (Å²) >= 11 is 1.72. The molecule has 0 radical (unpaired) electrons. The average molecular weight is 298 g/mol. The molecule has 0 atom stereocenters. The van der Waals surface area contributed by atoms with Crippen LogP contribution in [-0.2, 0) is 4.79 Å². The van der Waals surface area contributed by atoms with Crippen molar-refractivity contribution in [2.24, 2.45) is 0 Å². The minimum atomic E-state index is 0. The van der Waals surface area contributed by atoms with Gasteiger partial charge < -0.3 is 9.80 Å². The molecule has 19 heavy (non-hydrogen) atoms. The van der Waals surface area contributed by atoms with Gasteiger partial charge in [0.05, 0.1) is 10.2 Å². The molecule has 2 aromatic rings. The van der Waals surface area contributed by atoms with E-state index in [9.17, 15) is 4.79 Å². The molecule has 1 aromatic heterocycles. The number of fused-ring (bicyclic) bond motifs is 1. The molecule has 1 aromatic carbocycles. The van der Waals surface area contributed by atoms with Gasteiger partial charge in [0.1, 0.15) is 0 Å². The van der Waals surface area contributed by atoms with Crippen LogP contribution in [0.5, 0.6) is 0 Å². The number of carbonyl (C=O) groups is 1. The van der Waals surface area contributed by atoms with Gasteiger partial charge in [-0.15, -0.1) is 12.4 Å². The zero-order valence-corrected chi connectivity index (χ0v) is 12.3. The summed E-state index contributed by atoms with van der Waals surface area (Å²) in [6.07, 6.45) is 0. The fraction of sp³-hybridized carbons (Fsp3) is 0.385. The normalized spacial score (nSPS) is 15.4. The lowest BCUT2D eigenvalue weighted by Crippen LogP contribution is -2.48. The van der Waals surface area contributed by atoms with Crippen LogP contribution in [0.4, 0.5) is 5.13 Å². The van der Waals surface area contributed by atoms with E-state index in [-0.39, 0.29) is 18.3 Å². The Balaban J connectivity index is 0.00000133. The summed E-state index contributed by atoms with van der Waals surface area (Å²) in [5, 5.41) is 1.07. The second-order valence-corrected chi connectivity index (χ2v) is 5.47. The zero-order valence-electron chi connectivity index (χ0n) is 10.7. The third-order valence-corrected chi connectivity index (χ3v) is 4.38. The maximum Gasteiger partial charge on any atom is 0.219 e. The van der Waals surface area contributed by atoms with E-state index in [1.165, 1.54) is 4.70 Å². The number of carbonyl (C=O) groups excluding carboxylic acids is 1. The van der Waals surface area contributed by atoms with Crippen LogP contribution in [0, 0.1) is 0 Å². The third kappa shape index (κ3) is 2.82. The van der Waals surface area contributed by atoms with Crippen molar-refractivity contribution in [3.63, 3.8) is 0 Å². The number of piperazine rings is 1. The largest absolute Gasteiger partial charge is 0.345 e. The van der Waals surface area contributed by atoms with Gasteiger partial charge in [-0.3, -0.25) is 4.79 Å². The molecule has 102 valence electrons. The Bertz CT molecular complexity index is 545. The number of thiazole rings is 1. The molecule has 1 aliphatic rings. The first-order valence-corrected chi connectivity index (χ1v) is 6.92. The molecule has 1 amide bonds. The lowest BCUT2D eigenvalue weighted by atomic mass is 10.3. The van der Waals surface area contributed by atoms with Crippen LogP contribution in [0.2, 0.25) is 0 Å². The van der Waals surface area contributed by atoms with E-state index in [0.29, 0.717) is 0 Å². The second-order valence-electron chi connectivity index (χ2n) is 4.46. The van der Waals surface area contributed by atoms with Gasteiger partial charge in [-0.1, -0.05) is 23.5 Å². The van der Waals surface area contributed by atoms with Crippen LogP contribution < -0.4 is 4.90 Å². The Morgan fingerprint density at radius 2 is 1.89 bits per heavy atom. The lowest BCUT2D eigenvalue weighted by molar-refractivity contribution is -0.129. The summed E-state index contributed by atoms with van der Waals surface area (Å²) in [5.74, 6) is 0.166. The number of hydrogen-bond acceptors (Lipinski definition) is 4. The molecule has 6 heteroatoms. The summed E-state index contributed by atoms with van der Waals surface area (Å²) in [6, 6.07) is 8.20. The molecule has 3 rings (SSSR count). The van der Waals surface area contributed by atoms with Gasteiger partial charge in [-0.05, 0) is 12.1 Å². The maximum atomic E-state index is 11.3. The average Bonchev–Trinajstić information content (AvgIpc) is 2.82. The molecule has 0 spiro atoms. The van der Waals surface area contributed by atoms with Crippen LogP contribution in [0.1, 0.15) is 6.92 Å². The Labute approximate surface area is 122 Å². The van der Waals surface area contributed by atoms with E-state index < -0.39 is 0 Å². The summed E-state index contributed by atoms with van der Waals surface area (Å²) < 4.78 is 1.22. The van der Waals surface area contributed by atoms with Crippen molar-refractivity contribution in [1.29, 1.82) is 0 Å². The van der Waals surface area contributed by atoms with Crippen molar-refractivity contribution in [2.75, 3.05) is 31.1 Å². The number of amides is 1. The molecular weight excluding hydrogens is 282 g/mol. The number of rotatable bonds is 1. The molecule has 0 N–H and O–H groups in total. The Morgan fingerprint density at radius 3 is 2.53 bits per heavy atom. The molecule has 2 heterocycles. The predicted molar refractivity (Wildman–Crippen MR) is 81.3 cm³/mol. The van der Waals surface area contributed by atoms with Gasteiger partial charge in [-0.25, -0.2) is 4.98 Å². The molecule has 1 fully saturated rings. The number of hydrogen-bond donors (Lipinski definition) is 0. The summed E-state index contributed by atoms with van der Waals surface area (Å²) in [7, 11) is 0. The van der Waals surface area contributed by atoms with E-state index >= 15 is 0 Å². The predicted octanol–water partition coefficient (Wildman–Crippen LogP) is 2.39. The number of aromatic nitrogens is 1. The Hall–Kier alpha value is -1.33. The van der Waals surface area contributed by atoms with E-state index in [1.54, 1.807) is 18.3 Å². The van der Waals surface area contributed by atoms with Crippen molar-refractivity contribution < 1.29 is 4.79 Å². The van der Waals surface area contributed by atoms with Crippen LogP contribution in [0.3, 0.4) is 0 Å². The van der Waals surface area contributed by atoms with Crippen molar-refractivity contribution in [1.82, 2.24) is 9.88 Å². The second kappa shape index (κ2) is 5.75. The minimum absolute atomic E-state index is 0. The van der Waals surface area contributed by atoms with Gasteiger partial charge in [0.15, 0.2) is 5.13 Å². The maximum absolute atomic E-state index is 11.3. The smallest absolute Gasteiger partial charge is 0.219 e. The van der Waals surface area contributed by atoms with E-state index in [0.717, 1.165) is 36.8 Å². The minimum Gasteiger partial charge on any atom is -0.345 e. The summed E-state index contributed by atoms with van der Waals surface area (Å²) in [4.78, 5) is 20.1. The van der Waals surface area contributed by atoms with Crippen LogP contribution >= 0.6 is 23.7 Å². The third-order valence-electron chi connectivity index (χ3n) is 3.28. The Kier molecular flexibility index (Phi) is 4.27. The number of anilines is 1. The standard InChI is InChI=1S/C13H15N3OS.ClH/c1-10(17)15-6-8-16(9-7-15)13-14-11-4-2-3-5-12(11)18-13;/h2-5H,6-9H2,1H3;1H. The van der Waals surface area contributed by atoms with Crippen molar-refractivity contribution in [2.45, 2.75) is 6.92 Å². The highest BCUT2D eigenvalue weighted by atomic mass is 35.5. The molecule has 1 saturated heterocycles. The monoisotopic (exact) mass is 297 g/mol. The first-order valence-electron chi connectivity index (χ1n) is 6.10. The van der Waals surface area contributed by atoms with E-state index in [4.69, 9.17) is 0 Å². The number of para-hydroxylation sites is 1. The van der Waals surface area contributed by atoms with Crippen LogP contribution in [0.15, 0.2) is 24.3 Å². The van der Waals surface area contributed by atoms with E-state index in [2.05, 4.69) is 16.0 Å². The van der Waals surface area contributed by atoms with Crippen LogP contribution in [0.25, 0.3) is 10.2 Å². The van der Waals surface area contributed by atoms with Gasteiger partial charge in [-0.2, -0.15) is 0 Å². The molecule has 0 aliphatic carbocycles. The lowest BCUT2D eigenvalue weighted by Gasteiger charge is -2.33. The summed E-state index contributed by atoms with van der Waals surface area (Å²) in [5.41, 5.74) is 1.06. The summed E-state index contributed by atoms with van der Waals surface area (Å²) in [6.45, 7) is 4.97. The fourth-order valence-electron chi connectivity index (χ4n) is 2.21. The van der Waals surface area contributed by atoms with Gasteiger partial charge in [0.25, 0.3) is 0 Å². The Morgan fingerprint density at radius 1 is 1.21 bits per heavy atom. The number of benzene rings is 1. The van der Waals surface area contributed by atoms with Crippen molar-refractivity contribution in [3.05, 3.63) is 24.3 Å².